The smallest absolute Gasteiger partial charge is 0.427 e. The number of nitrogens with two attached hydrogens (primary N) is 1. The Balaban J connectivity index is 0.00000141. The van der Waals surface area contributed by atoms with E-state index < -0.39 is 13.5 Å². The highest BCUT2D eigenvalue weighted by atomic mass is 19.4. The highest BCUT2D eigenvalue weighted by Gasteiger charge is 2.31. The molecule has 1 unspecified atom stereocenters. The molecule has 0 radical (unpaired) electrons. The minimum atomic E-state index is -4.68. The maximum Gasteiger partial charge on any atom is 0.573 e. The summed E-state index contributed by atoms with van der Waals surface area (Å²) in [7, 11) is -1.25. The second kappa shape index (κ2) is 13.4. The molecule has 1 aromatic carbocycles. The van der Waals surface area contributed by atoms with E-state index in [2.05, 4.69) is 9.64 Å². The van der Waals surface area contributed by atoms with E-state index in [0.717, 1.165) is 50.8 Å². The number of likely N-dealkylation sites (tertiary alicyclic amines) is 1. The van der Waals surface area contributed by atoms with Gasteiger partial charge in [0.25, 0.3) is 0 Å². The Kier molecular flexibility index (Phi) is 11.7. The molecule has 0 aromatic heterocycles. The topological polar surface area (TPSA) is 113 Å². The van der Waals surface area contributed by atoms with E-state index in [1.807, 2.05) is 0 Å². The van der Waals surface area contributed by atoms with E-state index in [9.17, 15) is 13.2 Å². The van der Waals surface area contributed by atoms with E-state index in [1.54, 1.807) is 12.1 Å². The SMILES string of the molecule is NC(CCCCB(O)O)C1CCN(Cc2cccc(OC(F)(F)F)c2)CC1.O=C=O. The van der Waals surface area contributed by atoms with Crippen LogP contribution in [-0.2, 0) is 16.1 Å². The molecule has 11 heteroatoms. The summed E-state index contributed by atoms with van der Waals surface area (Å²) >= 11 is 0. The summed E-state index contributed by atoms with van der Waals surface area (Å²) in [6.45, 7) is 2.31. The van der Waals surface area contributed by atoms with Crippen LogP contribution in [0.5, 0.6) is 5.75 Å². The van der Waals surface area contributed by atoms with Gasteiger partial charge >= 0.3 is 19.6 Å². The van der Waals surface area contributed by atoms with Gasteiger partial charge in [-0.3, -0.25) is 4.90 Å². The summed E-state index contributed by atoms with van der Waals surface area (Å²) in [5, 5.41) is 17.7. The van der Waals surface area contributed by atoms with Gasteiger partial charge in [0.05, 0.1) is 0 Å². The van der Waals surface area contributed by atoms with Crippen molar-refractivity contribution in [3.63, 3.8) is 0 Å². The number of rotatable bonds is 9. The van der Waals surface area contributed by atoms with E-state index in [4.69, 9.17) is 25.4 Å². The number of piperidine rings is 1. The van der Waals surface area contributed by atoms with Crippen LogP contribution in [0.2, 0.25) is 6.32 Å². The molecule has 1 aromatic rings. The Morgan fingerprint density at radius 1 is 1.23 bits per heavy atom. The van der Waals surface area contributed by atoms with E-state index in [-0.39, 0.29) is 17.9 Å². The zero-order valence-corrected chi connectivity index (χ0v) is 16.7. The van der Waals surface area contributed by atoms with Crippen LogP contribution in [0.3, 0.4) is 0 Å². The first-order valence-electron chi connectivity index (χ1n) is 9.82. The largest absolute Gasteiger partial charge is 0.573 e. The van der Waals surface area contributed by atoms with Gasteiger partial charge in [0.2, 0.25) is 0 Å². The van der Waals surface area contributed by atoms with Crippen LogP contribution in [0.15, 0.2) is 24.3 Å². The van der Waals surface area contributed by atoms with Crippen molar-refractivity contribution in [3.8, 4) is 5.75 Å². The van der Waals surface area contributed by atoms with E-state index in [0.29, 0.717) is 18.8 Å². The first kappa shape index (κ1) is 26.1. The molecule has 30 heavy (non-hydrogen) atoms. The van der Waals surface area contributed by atoms with Gasteiger partial charge in [0, 0.05) is 12.6 Å². The van der Waals surface area contributed by atoms with Crippen LogP contribution < -0.4 is 10.5 Å². The monoisotopic (exact) mass is 432 g/mol. The number of benzene rings is 1. The highest BCUT2D eigenvalue weighted by molar-refractivity contribution is 6.40. The lowest BCUT2D eigenvalue weighted by atomic mass is 9.82. The van der Waals surface area contributed by atoms with Crippen molar-refractivity contribution >= 4 is 13.3 Å². The average molecular weight is 432 g/mol. The summed E-state index contributed by atoms with van der Waals surface area (Å²) < 4.78 is 41.0. The third-order valence-electron chi connectivity index (χ3n) is 5.03. The molecule has 4 N–H and O–H groups in total. The highest BCUT2D eigenvalue weighted by Crippen LogP contribution is 2.26. The summed E-state index contributed by atoms with van der Waals surface area (Å²) in [6.07, 6.45) is 0.371. The fourth-order valence-corrected chi connectivity index (χ4v) is 3.58. The van der Waals surface area contributed by atoms with Crippen LogP contribution in [0.4, 0.5) is 13.2 Å². The number of hydrogen-bond donors (Lipinski definition) is 3. The Hall–Kier alpha value is -1.91. The number of alkyl halides is 3. The molecule has 2 rings (SSSR count). The maximum atomic E-state index is 12.3. The minimum absolute atomic E-state index is 0.103. The predicted molar refractivity (Wildman–Crippen MR) is 103 cm³/mol. The zero-order valence-electron chi connectivity index (χ0n) is 16.7. The molecule has 1 aliphatic rings. The van der Waals surface area contributed by atoms with Crippen molar-refractivity contribution in [2.45, 2.75) is 57.4 Å². The quantitative estimate of drug-likeness (QED) is 0.405. The van der Waals surface area contributed by atoms with Crippen molar-refractivity contribution in [1.29, 1.82) is 0 Å². The van der Waals surface area contributed by atoms with Crippen molar-refractivity contribution in [2.24, 2.45) is 11.7 Å². The molecule has 1 saturated heterocycles. The van der Waals surface area contributed by atoms with Crippen LogP contribution in [0.25, 0.3) is 0 Å². The van der Waals surface area contributed by atoms with Crippen molar-refractivity contribution in [2.75, 3.05) is 13.1 Å². The number of nitrogens with zero attached hydrogens (tertiary/aromatic N) is 1. The number of ether oxygens (including phenoxy) is 1. The molecule has 0 saturated carbocycles. The zero-order chi connectivity index (χ0) is 22.6. The Morgan fingerprint density at radius 2 is 1.87 bits per heavy atom. The molecule has 1 heterocycles. The van der Waals surface area contributed by atoms with E-state index in [1.165, 1.54) is 12.1 Å². The lowest BCUT2D eigenvalue weighted by molar-refractivity contribution is -0.274. The minimum Gasteiger partial charge on any atom is -0.427 e. The molecule has 0 amide bonds. The molecule has 0 aliphatic carbocycles. The van der Waals surface area contributed by atoms with Crippen molar-refractivity contribution in [1.82, 2.24) is 4.90 Å². The third-order valence-corrected chi connectivity index (χ3v) is 5.03. The van der Waals surface area contributed by atoms with Crippen LogP contribution >= 0.6 is 0 Å². The van der Waals surface area contributed by atoms with Gasteiger partial charge in [-0.2, -0.15) is 9.59 Å². The summed E-state index contributed by atoms with van der Waals surface area (Å²) in [5.41, 5.74) is 7.07. The summed E-state index contributed by atoms with van der Waals surface area (Å²) in [4.78, 5) is 18.5. The van der Waals surface area contributed by atoms with Crippen LogP contribution in [-0.4, -0.2) is 53.7 Å². The molecular weight excluding hydrogens is 404 g/mol. The Morgan fingerprint density at radius 3 is 2.43 bits per heavy atom. The summed E-state index contributed by atoms with van der Waals surface area (Å²) in [5.74, 6) is 0.241. The van der Waals surface area contributed by atoms with Crippen LogP contribution in [0, 0.1) is 5.92 Å². The lowest BCUT2D eigenvalue weighted by Crippen LogP contribution is -2.40. The number of halogens is 3. The average Bonchev–Trinajstić information content (AvgIpc) is 2.65. The first-order chi connectivity index (χ1) is 14.1. The molecule has 1 fully saturated rings. The molecule has 1 atom stereocenters. The Labute approximate surface area is 174 Å². The van der Waals surface area contributed by atoms with Crippen LogP contribution in [0.1, 0.15) is 37.7 Å². The third kappa shape index (κ3) is 11.3. The summed E-state index contributed by atoms with van der Waals surface area (Å²) in [6, 6.07) is 6.21. The van der Waals surface area contributed by atoms with Gasteiger partial charge in [-0.15, -0.1) is 13.2 Å². The molecule has 0 spiro atoms. The van der Waals surface area contributed by atoms with Crippen molar-refractivity contribution in [3.05, 3.63) is 29.8 Å². The molecule has 7 nitrogen and oxygen atoms in total. The molecule has 0 bridgehead atoms. The van der Waals surface area contributed by atoms with Gasteiger partial charge in [-0.05, 0) is 62.3 Å². The van der Waals surface area contributed by atoms with Gasteiger partial charge in [0.1, 0.15) is 5.75 Å². The number of carbonyl (C=O) groups excluding carboxylic acids is 2. The van der Waals surface area contributed by atoms with Gasteiger partial charge in [-0.25, -0.2) is 0 Å². The fourth-order valence-electron chi connectivity index (χ4n) is 3.58. The second-order valence-corrected chi connectivity index (χ2v) is 7.32. The first-order valence-corrected chi connectivity index (χ1v) is 9.82. The standard InChI is InChI=1S/C18H28BF3N2O3.CO2/c20-18(21,22)27-16-5-3-4-14(12-16)13-24-10-7-15(8-11-24)17(23)6-1-2-9-19(25)26;2-1-3/h3-5,12,15,17,25-26H,1-2,6-11,13,23H2;. The van der Waals surface area contributed by atoms with Gasteiger partial charge < -0.3 is 20.5 Å². The van der Waals surface area contributed by atoms with E-state index >= 15 is 0 Å². The molecular formula is C19H28BF3N2O5. The number of unbranched alkanes of at least 4 members (excludes halogenated alkanes) is 1. The fraction of sp³-hybridized carbons (Fsp3) is 0.632. The molecule has 1 aliphatic heterocycles. The second-order valence-electron chi connectivity index (χ2n) is 7.32. The lowest BCUT2D eigenvalue weighted by Gasteiger charge is -2.35. The molecule has 168 valence electrons. The van der Waals surface area contributed by atoms with Crippen molar-refractivity contribution < 1.29 is 37.5 Å². The normalized spacial score (nSPS) is 16.2. The maximum absolute atomic E-state index is 12.3. The predicted octanol–water partition coefficient (Wildman–Crippen LogP) is 2.18. The number of hydrogen-bond acceptors (Lipinski definition) is 7. The Bertz CT molecular complexity index is 649. The van der Waals surface area contributed by atoms with Gasteiger partial charge in [-0.1, -0.05) is 25.0 Å². The van der Waals surface area contributed by atoms with Gasteiger partial charge in [0.15, 0.2) is 0 Å².